The summed E-state index contributed by atoms with van der Waals surface area (Å²) in [4.78, 5) is 15.3. The van der Waals surface area contributed by atoms with Crippen LogP contribution in [0.1, 0.15) is 28.4 Å². The molecular weight excluding hydrogens is 396 g/mol. The number of carbonyl (C=O) groups excluding carboxylic acids is 1. The molecule has 154 valence electrons. The van der Waals surface area contributed by atoms with Gasteiger partial charge in [-0.15, -0.1) is 0 Å². The predicted molar refractivity (Wildman–Crippen MR) is 120 cm³/mol. The molecule has 5 nitrogen and oxygen atoms in total. The van der Waals surface area contributed by atoms with Crippen molar-refractivity contribution in [3.8, 4) is 0 Å². The lowest BCUT2D eigenvalue weighted by Gasteiger charge is -2.24. The molecule has 6 heteroatoms. The summed E-state index contributed by atoms with van der Waals surface area (Å²) in [6, 6.07) is 21.5. The van der Waals surface area contributed by atoms with Crippen molar-refractivity contribution in [3.05, 3.63) is 89.5 Å². The number of anilines is 2. The molecule has 0 spiro atoms. The van der Waals surface area contributed by atoms with Gasteiger partial charge in [0.1, 0.15) is 0 Å². The van der Waals surface area contributed by atoms with E-state index in [-0.39, 0.29) is 16.8 Å². The summed E-state index contributed by atoms with van der Waals surface area (Å²) in [5.74, 6) is -0.129. The molecule has 3 aromatic carbocycles. The minimum absolute atomic E-state index is 0.0487. The SMILES string of the molecule is Cc1ccc(S(=O)(=O)N(C)c2cccc(C(=O)N3c4ccccc4CC3C)c2)cc1. The number of hydrogen-bond acceptors (Lipinski definition) is 3. The summed E-state index contributed by atoms with van der Waals surface area (Å²) >= 11 is 0. The van der Waals surface area contributed by atoms with Crippen LogP contribution in [0, 0.1) is 6.92 Å². The van der Waals surface area contributed by atoms with Crippen molar-refractivity contribution in [2.45, 2.75) is 31.2 Å². The van der Waals surface area contributed by atoms with Gasteiger partial charge in [0.15, 0.2) is 0 Å². The summed E-state index contributed by atoms with van der Waals surface area (Å²) in [6.07, 6.45) is 0.809. The molecule has 4 rings (SSSR count). The highest BCUT2D eigenvalue weighted by molar-refractivity contribution is 7.92. The molecule has 0 aromatic heterocycles. The minimum Gasteiger partial charge on any atom is -0.305 e. The van der Waals surface area contributed by atoms with Crippen LogP contribution in [0.3, 0.4) is 0 Å². The largest absolute Gasteiger partial charge is 0.305 e. The van der Waals surface area contributed by atoms with E-state index in [1.165, 1.54) is 11.4 Å². The Kier molecular flexibility index (Phi) is 5.12. The van der Waals surface area contributed by atoms with Crippen molar-refractivity contribution in [1.29, 1.82) is 0 Å². The van der Waals surface area contributed by atoms with E-state index in [4.69, 9.17) is 0 Å². The first-order valence-corrected chi connectivity index (χ1v) is 11.3. The molecule has 0 saturated carbocycles. The monoisotopic (exact) mass is 420 g/mol. The van der Waals surface area contributed by atoms with E-state index in [1.807, 2.05) is 38.1 Å². The Labute approximate surface area is 177 Å². The second-order valence-corrected chi connectivity index (χ2v) is 9.66. The lowest BCUT2D eigenvalue weighted by atomic mass is 10.1. The van der Waals surface area contributed by atoms with Gasteiger partial charge in [-0.1, -0.05) is 42.0 Å². The molecule has 0 radical (unpaired) electrons. The molecule has 0 bridgehead atoms. The molecule has 1 aliphatic heterocycles. The summed E-state index contributed by atoms with van der Waals surface area (Å²) in [5, 5.41) is 0. The number of carbonyl (C=O) groups is 1. The number of sulfonamides is 1. The highest BCUT2D eigenvalue weighted by Gasteiger charge is 2.31. The molecular formula is C24H24N2O3S. The first-order valence-electron chi connectivity index (χ1n) is 9.86. The third-order valence-corrected chi connectivity index (χ3v) is 7.36. The fourth-order valence-electron chi connectivity index (χ4n) is 3.86. The Morgan fingerprint density at radius 3 is 2.43 bits per heavy atom. The Hall–Kier alpha value is -3.12. The summed E-state index contributed by atoms with van der Waals surface area (Å²) in [5.41, 5.74) is 3.96. The molecule has 0 saturated heterocycles. The number of hydrogen-bond donors (Lipinski definition) is 0. The maximum absolute atomic E-state index is 13.3. The number of fused-ring (bicyclic) bond motifs is 1. The third kappa shape index (κ3) is 3.48. The Morgan fingerprint density at radius 1 is 1.00 bits per heavy atom. The van der Waals surface area contributed by atoms with Crippen LogP contribution in [0.4, 0.5) is 11.4 Å². The maximum atomic E-state index is 13.3. The van der Waals surface area contributed by atoms with Crippen molar-refractivity contribution in [2.24, 2.45) is 0 Å². The molecule has 1 atom stereocenters. The number of amides is 1. The molecule has 3 aromatic rings. The Morgan fingerprint density at radius 2 is 1.70 bits per heavy atom. The van der Waals surface area contributed by atoms with Gasteiger partial charge in [-0.05, 0) is 62.2 Å². The van der Waals surface area contributed by atoms with E-state index in [0.29, 0.717) is 11.3 Å². The van der Waals surface area contributed by atoms with Gasteiger partial charge in [-0.2, -0.15) is 0 Å². The third-order valence-electron chi connectivity index (χ3n) is 5.56. The first kappa shape index (κ1) is 20.2. The van der Waals surface area contributed by atoms with Gasteiger partial charge < -0.3 is 4.90 Å². The van der Waals surface area contributed by atoms with Crippen LogP contribution in [0.25, 0.3) is 0 Å². The van der Waals surface area contributed by atoms with Crippen LogP contribution < -0.4 is 9.21 Å². The van der Waals surface area contributed by atoms with Crippen LogP contribution in [0.5, 0.6) is 0 Å². The van der Waals surface area contributed by atoms with Crippen LogP contribution in [0.2, 0.25) is 0 Å². The number of benzene rings is 3. The van der Waals surface area contributed by atoms with E-state index < -0.39 is 10.0 Å². The molecule has 0 fully saturated rings. The quantitative estimate of drug-likeness (QED) is 0.628. The Bertz CT molecular complexity index is 1200. The van der Waals surface area contributed by atoms with Crippen molar-refractivity contribution in [2.75, 3.05) is 16.3 Å². The summed E-state index contributed by atoms with van der Waals surface area (Å²) in [6.45, 7) is 3.93. The predicted octanol–water partition coefficient (Wildman–Crippen LogP) is 4.41. The molecule has 0 N–H and O–H groups in total. The average molecular weight is 421 g/mol. The van der Waals surface area contributed by atoms with Crippen molar-refractivity contribution in [3.63, 3.8) is 0 Å². The van der Waals surface area contributed by atoms with E-state index >= 15 is 0 Å². The van der Waals surface area contributed by atoms with E-state index in [2.05, 4.69) is 0 Å². The van der Waals surface area contributed by atoms with Crippen LogP contribution in [-0.4, -0.2) is 27.4 Å². The molecule has 1 aliphatic rings. The van der Waals surface area contributed by atoms with E-state index in [1.54, 1.807) is 53.4 Å². The zero-order valence-electron chi connectivity index (χ0n) is 17.2. The number of nitrogens with zero attached hydrogens (tertiary/aromatic N) is 2. The first-order chi connectivity index (χ1) is 14.3. The molecule has 1 unspecified atom stereocenters. The normalized spacial score (nSPS) is 15.7. The molecule has 1 amide bonds. The fraction of sp³-hybridized carbons (Fsp3) is 0.208. The second kappa shape index (κ2) is 7.61. The fourth-order valence-corrected chi connectivity index (χ4v) is 5.04. The van der Waals surface area contributed by atoms with Gasteiger partial charge in [0.25, 0.3) is 15.9 Å². The Balaban J connectivity index is 1.66. The van der Waals surface area contributed by atoms with Gasteiger partial charge in [-0.25, -0.2) is 8.42 Å². The topological polar surface area (TPSA) is 57.7 Å². The highest BCUT2D eigenvalue weighted by atomic mass is 32.2. The maximum Gasteiger partial charge on any atom is 0.264 e. The second-order valence-electron chi connectivity index (χ2n) is 7.69. The highest BCUT2D eigenvalue weighted by Crippen LogP contribution is 2.33. The van der Waals surface area contributed by atoms with Crippen LogP contribution in [-0.2, 0) is 16.4 Å². The van der Waals surface area contributed by atoms with Crippen molar-refractivity contribution >= 4 is 27.3 Å². The smallest absolute Gasteiger partial charge is 0.264 e. The molecule has 0 aliphatic carbocycles. The van der Waals surface area contributed by atoms with Gasteiger partial charge >= 0.3 is 0 Å². The van der Waals surface area contributed by atoms with Crippen molar-refractivity contribution in [1.82, 2.24) is 0 Å². The number of aryl methyl sites for hydroxylation is 1. The van der Waals surface area contributed by atoms with Gasteiger partial charge in [0.2, 0.25) is 0 Å². The zero-order chi connectivity index (χ0) is 21.5. The van der Waals surface area contributed by atoms with Crippen LogP contribution >= 0.6 is 0 Å². The average Bonchev–Trinajstić information content (AvgIpc) is 3.08. The van der Waals surface area contributed by atoms with Gasteiger partial charge in [0, 0.05) is 24.3 Å². The van der Waals surface area contributed by atoms with Crippen molar-refractivity contribution < 1.29 is 13.2 Å². The van der Waals surface area contributed by atoms with Crippen LogP contribution in [0.15, 0.2) is 77.7 Å². The van der Waals surface area contributed by atoms with E-state index in [9.17, 15) is 13.2 Å². The lowest BCUT2D eigenvalue weighted by Crippen LogP contribution is -2.36. The standard InChI is InChI=1S/C24H24N2O3S/c1-17-11-13-22(14-12-17)30(28,29)25(3)21-9-6-8-20(16-21)24(27)26-18(2)15-19-7-4-5-10-23(19)26/h4-14,16,18H,15H2,1-3H3. The molecule has 30 heavy (non-hydrogen) atoms. The number of para-hydroxylation sites is 1. The lowest BCUT2D eigenvalue weighted by molar-refractivity contribution is 0.0981. The summed E-state index contributed by atoms with van der Waals surface area (Å²) < 4.78 is 27.3. The van der Waals surface area contributed by atoms with Gasteiger partial charge in [0.05, 0.1) is 10.6 Å². The molecule has 1 heterocycles. The zero-order valence-corrected chi connectivity index (χ0v) is 18.1. The summed E-state index contributed by atoms with van der Waals surface area (Å²) in [7, 11) is -2.21. The van der Waals surface area contributed by atoms with E-state index in [0.717, 1.165) is 23.2 Å². The number of rotatable bonds is 4. The van der Waals surface area contributed by atoms with Gasteiger partial charge in [-0.3, -0.25) is 9.10 Å². The minimum atomic E-state index is -3.72.